The van der Waals surface area contributed by atoms with Crippen molar-refractivity contribution >= 4 is 47.3 Å². The zero-order chi connectivity index (χ0) is 23.7. The van der Waals surface area contributed by atoms with Crippen molar-refractivity contribution in [3.63, 3.8) is 0 Å². The van der Waals surface area contributed by atoms with Crippen LogP contribution in [0.4, 0.5) is 0 Å². The highest BCUT2D eigenvalue weighted by atomic mass is 32.2. The Labute approximate surface area is 194 Å². The number of hydrogen-bond acceptors (Lipinski definition) is 9. The fourth-order valence-electron chi connectivity index (χ4n) is 3.43. The maximum absolute atomic E-state index is 12.7. The average Bonchev–Trinajstić information content (AvgIpc) is 3.29. The number of aliphatic carboxylic acids is 1. The van der Waals surface area contributed by atoms with E-state index in [0.717, 1.165) is 16.7 Å². The van der Waals surface area contributed by atoms with Crippen molar-refractivity contribution in [1.82, 2.24) is 25.6 Å². The van der Waals surface area contributed by atoms with Crippen LogP contribution in [0.25, 0.3) is 0 Å². The number of carbonyl (C=O) groups excluding carboxylic acids is 2. The van der Waals surface area contributed by atoms with Crippen LogP contribution >= 0.6 is 23.5 Å². The van der Waals surface area contributed by atoms with Gasteiger partial charge < -0.3 is 20.6 Å². The minimum absolute atomic E-state index is 0.0850. The molecule has 14 heteroatoms. The molecule has 0 saturated carbocycles. The molecule has 1 unspecified atom stereocenters. The van der Waals surface area contributed by atoms with E-state index in [2.05, 4.69) is 20.7 Å². The first-order valence-electron chi connectivity index (χ1n) is 9.49. The molecule has 2 amide bonds. The summed E-state index contributed by atoms with van der Waals surface area (Å²) in [5, 5.41) is 40.6. The third kappa shape index (κ3) is 4.31. The fraction of sp³-hybridized carbons (Fsp3) is 0.263. The molecule has 0 bridgehead atoms. The Balaban J connectivity index is 1.47. The van der Waals surface area contributed by atoms with Gasteiger partial charge in [-0.1, -0.05) is 42.1 Å². The number of nitrogens with zero attached hydrogens (tertiary/aromatic N) is 3. The van der Waals surface area contributed by atoms with E-state index in [0.29, 0.717) is 11.1 Å². The molecule has 2 aromatic rings. The number of aromatic carboxylic acids is 1. The number of carboxylic acids is 2. The van der Waals surface area contributed by atoms with E-state index in [9.17, 15) is 29.4 Å². The maximum Gasteiger partial charge on any atom is 0.359 e. The van der Waals surface area contributed by atoms with Crippen molar-refractivity contribution in [2.45, 2.75) is 22.5 Å². The highest BCUT2D eigenvalue weighted by Crippen LogP contribution is 2.41. The normalized spacial score (nSPS) is 20.6. The summed E-state index contributed by atoms with van der Waals surface area (Å²) in [4.78, 5) is 49.4. The Kier molecular flexibility index (Phi) is 6.40. The summed E-state index contributed by atoms with van der Waals surface area (Å²) in [5.41, 5.74) is 0.300. The minimum atomic E-state index is -1.46. The van der Waals surface area contributed by atoms with Gasteiger partial charge in [-0.15, -0.1) is 22.0 Å². The van der Waals surface area contributed by atoms with Gasteiger partial charge in [0, 0.05) is 11.5 Å². The molecular formula is C19H17N5O7S2. The number of thioether (sulfide) groups is 2. The molecule has 1 fully saturated rings. The minimum Gasteiger partial charge on any atom is -0.477 e. The van der Waals surface area contributed by atoms with Gasteiger partial charge in [0.1, 0.15) is 17.1 Å². The molecule has 0 spiro atoms. The highest BCUT2D eigenvalue weighted by molar-refractivity contribution is 8.01. The van der Waals surface area contributed by atoms with E-state index in [4.69, 9.17) is 5.11 Å². The van der Waals surface area contributed by atoms with E-state index in [-0.39, 0.29) is 27.9 Å². The molecule has 2 aliphatic rings. The number of hydrogen-bond donors (Lipinski definition) is 5. The Morgan fingerprint density at radius 3 is 2.61 bits per heavy atom. The summed E-state index contributed by atoms with van der Waals surface area (Å²) < 4.78 is 0. The number of rotatable bonds is 8. The molecule has 2 aliphatic heterocycles. The molecule has 0 aliphatic carbocycles. The smallest absolute Gasteiger partial charge is 0.359 e. The van der Waals surface area contributed by atoms with Crippen LogP contribution in [0, 0.1) is 0 Å². The molecule has 12 nitrogen and oxygen atoms in total. The van der Waals surface area contributed by atoms with E-state index in [1.807, 2.05) is 0 Å². The van der Waals surface area contributed by atoms with Gasteiger partial charge in [-0.2, -0.15) is 5.21 Å². The molecule has 33 heavy (non-hydrogen) atoms. The number of carbonyl (C=O) groups is 4. The zero-order valence-corrected chi connectivity index (χ0v) is 18.3. The lowest BCUT2D eigenvalue weighted by Crippen LogP contribution is -2.70. The van der Waals surface area contributed by atoms with Gasteiger partial charge in [0.2, 0.25) is 5.69 Å². The second-order valence-corrected chi connectivity index (χ2v) is 9.11. The second-order valence-electron chi connectivity index (χ2n) is 7.04. The Hall–Kier alpha value is -3.36. The number of aliphatic hydroxyl groups is 1. The number of aromatic nitrogens is 3. The Morgan fingerprint density at radius 1 is 1.21 bits per heavy atom. The van der Waals surface area contributed by atoms with E-state index < -0.39 is 41.3 Å². The van der Waals surface area contributed by atoms with Crippen molar-refractivity contribution in [2.24, 2.45) is 0 Å². The summed E-state index contributed by atoms with van der Waals surface area (Å²) in [6.45, 7) is 0. The number of H-pyrrole nitrogens is 1. The lowest BCUT2D eigenvalue weighted by molar-refractivity contribution is -0.151. The van der Waals surface area contributed by atoms with Gasteiger partial charge in [0.15, 0.2) is 11.1 Å². The third-order valence-corrected chi connectivity index (χ3v) is 7.40. The Bertz CT molecular complexity index is 1150. The monoisotopic (exact) mass is 491 g/mol. The van der Waals surface area contributed by atoms with Crippen molar-refractivity contribution < 1.29 is 34.5 Å². The lowest BCUT2D eigenvalue weighted by atomic mass is 10.0. The number of aliphatic hydroxyl groups excluding tert-OH is 1. The number of β-lactam (4-membered cyclic amide) rings is 1. The number of benzene rings is 1. The van der Waals surface area contributed by atoms with Crippen LogP contribution in [0.15, 0.2) is 46.6 Å². The molecule has 4 rings (SSSR count). The van der Waals surface area contributed by atoms with Crippen LogP contribution in [0.2, 0.25) is 0 Å². The number of amides is 2. The second kappa shape index (κ2) is 9.25. The van der Waals surface area contributed by atoms with Crippen LogP contribution in [0.3, 0.4) is 0 Å². The Morgan fingerprint density at radius 2 is 1.94 bits per heavy atom. The first-order valence-corrected chi connectivity index (χ1v) is 11.5. The standard InChI is InChI=1S/C19H17N5O7S2/c25-13(8-4-2-1-3-5-8)14(26)20-11-16(27)24-12(19(30)31)9(7-33-17(11)24)6-32-15-10(18(28)29)21-23-22-15/h1-5,11,13,17,25H,6-7H2,(H,20,26)(H,28,29)(H,30,31)(H,21,22,23)/t11?,13-,17-/m1/s1. The van der Waals surface area contributed by atoms with E-state index in [1.165, 1.54) is 11.8 Å². The number of aromatic amines is 1. The number of nitrogens with one attached hydrogen (secondary N) is 2. The van der Waals surface area contributed by atoms with Crippen LogP contribution in [-0.4, -0.2) is 82.3 Å². The predicted octanol–water partition coefficient (Wildman–Crippen LogP) is 0.0672. The first kappa shape index (κ1) is 22.8. The van der Waals surface area contributed by atoms with Crippen LogP contribution < -0.4 is 5.32 Å². The van der Waals surface area contributed by atoms with Gasteiger partial charge in [0.25, 0.3) is 11.8 Å². The topological polar surface area (TPSA) is 186 Å². The van der Waals surface area contributed by atoms with Gasteiger partial charge in [-0.3, -0.25) is 14.5 Å². The predicted molar refractivity (Wildman–Crippen MR) is 115 cm³/mol. The third-order valence-electron chi connectivity index (χ3n) is 5.01. The van der Waals surface area contributed by atoms with Gasteiger partial charge in [-0.05, 0) is 11.1 Å². The summed E-state index contributed by atoms with van der Waals surface area (Å²) in [6.07, 6.45) is -1.46. The summed E-state index contributed by atoms with van der Waals surface area (Å²) in [7, 11) is 0. The SMILES string of the molecule is O=C(O)C1=C(CSc2n[nH]nc2C(=O)O)CS[C@@H]2C(NC(=O)[C@H](O)c3ccccc3)C(=O)N12. The average molecular weight is 492 g/mol. The summed E-state index contributed by atoms with van der Waals surface area (Å²) in [6, 6.07) is 7.25. The first-order chi connectivity index (χ1) is 15.8. The molecule has 5 N–H and O–H groups in total. The molecule has 0 radical (unpaired) electrons. The van der Waals surface area contributed by atoms with Crippen LogP contribution in [0.1, 0.15) is 22.2 Å². The molecule has 1 aromatic heterocycles. The van der Waals surface area contributed by atoms with Crippen molar-refractivity contribution in [2.75, 3.05) is 11.5 Å². The molecule has 1 saturated heterocycles. The molecule has 3 heterocycles. The molecule has 172 valence electrons. The van der Waals surface area contributed by atoms with E-state index >= 15 is 0 Å². The zero-order valence-electron chi connectivity index (χ0n) is 16.7. The van der Waals surface area contributed by atoms with Crippen LogP contribution in [0.5, 0.6) is 0 Å². The fourth-order valence-corrected chi connectivity index (χ4v) is 5.83. The lowest BCUT2D eigenvalue weighted by Gasteiger charge is -2.49. The van der Waals surface area contributed by atoms with Crippen molar-refractivity contribution in [3.05, 3.63) is 52.9 Å². The van der Waals surface area contributed by atoms with Gasteiger partial charge in [-0.25, -0.2) is 9.59 Å². The van der Waals surface area contributed by atoms with Crippen molar-refractivity contribution in [1.29, 1.82) is 0 Å². The largest absolute Gasteiger partial charge is 0.477 e. The van der Waals surface area contributed by atoms with Crippen molar-refractivity contribution in [3.8, 4) is 0 Å². The quantitative estimate of drug-likeness (QED) is 0.248. The maximum atomic E-state index is 12.7. The molecule has 1 aromatic carbocycles. The van der Waals surface area contributed by atoms with Gasteiger partial charge in [0.05, 0.1) is 0 Å². The summed E-state index contributed by atoms with van der Waals surface area (Å²) in [5.74, 6) is -3.61. The molecular weight excluding hydrogens is 474 g/mol. The van der Waals surface area contributed by atoms with E-state index in [1.54, 1.807) is 30.3 Å². The highest BCUT2D eigenvalue weighted by Gasteiger charge is 2.54. The molecule has 3 atom stereocenters. The van der Waals surface area contributed by atoms with Crippen LogP contribution in [-0.2, 0) is 14.4 Å². The summed E-state index contributed by atoms with van der Waals surface area (Å²) >= 11 is 2.26. The number of fused-ring (bicyclic) bond motifs is 1. The van der Waals surface area contributed by atoms with Gasteiger partial charge >= 0.3 is 11.9 Å². The number of carboxylic acid groups (broad SMARTS) is 2.